The molecule has 2 heterocycles. The van der Waals surface area contributed by atoms with E-state index >= 15 is 0 Å². The van der Waals surface area contributed by atoms with Crippen molar-refractivity contribution in [2.24, 2.45) is 0 Å². The van der Waals surface area contributed by atoms with Crippen LogP contribution in [0.4, 0.5) is 0 Å². The van der Waals surface area contributed by atoms with Gasteiger partial charge in [-0.15, -0.1) is 0 Å². The second kappa shape index (κ2) is 5.06. The fourth-order valence-electron chi connectivity index (χ4n) is 2.20. The van der Waals surface area contributed by atoms with Gasteiger partial charge in [-0.05, 0) is 29.8 Å². The Hall–Kier alpha value is -2.20. The number of ketones is 1. The quantitative estimate of drug-likeness (QED) is 0.943. The largest absolute Gasteiger partial charge is 0.465 e. The van der Waals surface area contributed by atoms with Crippen LogP contribution in [0.1, 0.15) is 17.4 Å². The van der Waals surface area contributed by atoms with Gasteiger partial charge < -0.3 is 14.5 Å². The highest BCUT2D eigenvalue weighted by atomic mass is 35.5. The molecule has 1 aliphatic rings. The molecule has 4 nitrogen and oxygen atoms in total. The molecule has 0 saturated carbocycles. The molecule has 0 bridgehead atoms. The zero-order valence-corrected chi connectivity index (χ0v) is 11.5. The summed E-state index contributed by atoms with van der Waals surface area (Å²) in [5.41, 5.74) is 1.21. The minimum absolute atomic E-state index is 0.147. The summed E-state index contributed by atoms with van der Waals surface area (Å²) >= 11 is 5.98. The molecule has 0 fully saturated rings. The lowest BCUT2D eigenvalue weighted by molar-refractivity contribution is -0.121. The molecule has 0 aliphatic carbocycles. The van der Waals surface area contributed by atoms with Gasteiger partial charge in [0, 0.05) is 12.1 Å². The maximum atomic E-state index is 12.6. The minimum Gasteiger partial charge on any atom is -0.465 e. The summed E-state index contributed by atoms with van der Waals surface area (Å²) in [6.45, 7) is 0. The highest BCUT2D eigenvalue weighted by molar-refractivity contribution is 6.31. The molecule has 1 unspecified atom stereocenters. The molecule has 0 saturated heterocycles. The van der Waals surface area contributed by atoms with Gasteiger partial charge in [0.2, 0.25) is 11.9 Å². The van der Waals surface area contributed by atoms with Crippen LogP contribution >= 0.6 is 11.6 Å². The predicted molar refractivity (Wildman–Crippen MR) is 75.0 cm³/mol. The Kier molecular flexibility index (Phi) is 3.24. The van der Waals surface area contributed by atoms with Crippen LogP contribution in [0.25, 0.3) is 5.57 Å². The lowest BCUT2D eigenvalue weighted by Gasteiger charge is -2.07. The number of hydrogen-bond acceptors (Lipinski definition) is 4. The van der Waals surface area contributed by atoms with Crippen molar-refractivity contribution in [2.45, 2.75) is 6.10 Å². The number of benzene rings is 1. The molecule has 1 aromatic carbocycles. The minimum atomic E-state index is -0.749. The number of furan rings is 1. The Morgan fingerprint density at radius 1 is 1.25 bits per heavy atom. The van der Waals surface area contributed by atoms with E-state index in [-0.39, 0.29) is 5.78 Å². The summed E-state index contributed by atoms with van der Waals surface area (Å²) in [6.07, 6.45) is 0.768. The number of nitrogens with one attached hydrogen (secondary N) is 1. The van der Waals surface area contributed by atoms with Gasteiger partial charge in [0.15, 0.2) is 11.6 Å². The first-order chi connectivity index (χ1) is 9.70. The van der Waals surface area contributed by atoms with Gasteiger partial charge in [-0.3, -0.25) is 4.79 Å². The van der Waals surface area contributed by atoms with Gasteiger partial charge in [-0.25, -0.2) is 0 Å². The first kappa shape index (κ1) is 12.8. The second-order valence-corrected chi connectivity index (χ2v) is 4.78. The lowest BCUT2D eigenvalue weighted by Crippen LogP contribution is -2.09. The molecule has 3 rings (SSSR count). The number of hydrogen-bond donors (Lipinski definition) is 1. The normalized spacial score (nSPS) is 18.3. The monoisotopic (exact) mass is 289 g/mol. The van der Waals surface area contributed by atoms with E-state index in [1.54, 1.807) is 37.4 Å². The summed E-state index contributed by atoms with van der Waals surface area (Å²) in [5.74, 6) is 0.769. The summed E-state index contributed by atoms with van der Waals surface area (Å²) in [4.78, 5) is 12.6. The molecule has 1 aliphatic heterocycles. The van der Waals surface area contributed by atoms with Crippen LogP contribution in [-0.4, -0.2) is 12.8 Å². The van der Waals surface area contributed by atoms with Gasteiger partial charge in [0.25, 0.3) is 0 Å². The van der Waals surface area contributed by atoms with E-state index in [9.17, 15) is 4.79 Å². The van der Waals surface area contributed by atoms with E-state index in [2.05, 4.69) is 5.32 Å². The predicted octanol–water partition coefficient (Wildman–Crippen LogP) is 3.16. The van der Waals surface area contributed by atoms with Gasteiger partial charge >= 0.3 is 0 Å². The van der Waals surface area contributed by atoms with Crippen molar-refractivity contribution < 1.29 is 13.9 Å². The van der Waals surface area contributed by atoms with Crippen LogP contribution in [0, 0.1) is 0 Å². The fourth-order valence-corrected chi connectivity index (χ4v) is 2.39. The number of rotatable bonds is 3. The maximum absolute atomic E-state index is 12.6. The van der Waals surface area contributed by atoms with Crippen LogP contribution < -0.4 is 5.32 Å². The molecule has 20 heavy (non-hydrogen) atoms. The third-order valence-corrected chi connectivity index (χ3v) is 3.32. The average Bonchev–Trinajstić information content (AvgIpc) is 3.05. The van der Waals surface area contributed by atoms with Crippen molar-refractivity contribution in [3.8, 4) is 0 Å². The van der Waals surface area contributed by atoms with E-state index in [0.29, 0.717) is 22.2 Å². The van der Waals surface area contributed by atoms with Crippen LogP contribution in [0.5, 0.6) is 0 Å². The van der Waals surface area contributed by atoms with Gasteiger partial charge in [-0.1, -0.05) is 23.7 Å². The van der Waals surface area contributed by atoms with E-state index in [4.69, 9.17) is 20.8 Å². The van der Waals surface area contributed by atoms with E-state index < -0.39 is 6.10 Å². The Balaban J connectivity index is 2.02. The standard InChI is InChI=1S/C15H12ClNO3/c1-17-15-12(9-4-2-5-10(16)8-9)13(18)14(20-15)11-6-3-7-19-11/h2-8,14,17H,1H3. The van der Waals surface area contributed by atoms with Crippen LogP contribution in [0.15, 0.2) is 53.0 Å². The SMILES string of the molecule is CNC1=C(c2cccc(Cl)c2)C(=O)C(c2ccco2)O1. The molecule has 5 heteroatoms. The lowest BCUT2D eigenvalue weighted by atomic mass is 10.00. The van der Waals surface area contributed by atoms with Crippen LogP contribution in [-0.2, 0) is 9.53 Å². The maximum Gasteiger partial charge on any atom is 0.220 e. The molecule has 1 atom stereocenters. The van der Waals surface area contributed by atoms with Crippen molar-refractivity contribution in [1.82, 2.24) is 5.32 Å². The molecule has 1 N–H and O–H groups in total. The number of carbonyl (C=O) groups excluding carboxylic acids is 1. The van der Waals surface area contributed by atoms with Crippen molar-refractivity contribution in [2.75, 3.05) is 7.05 Å². The third kappa shape index (κ3) is 2.08. The number of halogens is 1. The van der Waals surface area contributed by atoms with Crippen molar-refractivity contribution in [1.29, 1.82) is 0 Å². The topological polar surface area (TPSA) is 51.5 Å². The molecular weight excluding hydrogens is 278 g/mol. The Morgan fingerprint density at radius 2 is 2.10 bits per heavy atom. The number of Topliss-reactive ketones (excluding diaryl/α,β-unsaturated/α-hetero) is 1. The summed E-state index contributed by atoms with van der Waals surface area (Å²) in [5, 5.41) is 3.48. The van der Waals surface area contributed by atoms with E-state index in [0.717, 1.165) is 5.56 Å². The van der Waals surface area contributed by atoms with Crippen LogP contribution in [0.3, 0.4) is 0 Å². The third-order valence-electron chi connectivity index (χ3n) is 3.09. The van der Waals surface area contributed by atoms with E-state index in [1.807, 2.05) is 6.07 Å². The van der Waals surface area contributed by atoms with Gasteiger partial charge in [0.05, 0.1) is 11.8 Å². The molecule has 0 amide bonds. The van der Waals surface area contributed by atoms with Crippen molar-refractivity contribution in [3.05, 3.63) is 64.9 Å². The average molecular weight is 290 g/mol. The Labute approximate surface area is 121 Å². The Bertz CT molecular complexity index is 676. The molecular formula is C15H12ClNO3. The highest BCUT2D eigenvalue weighted by Crippen LogP contribution is 2.37. The van der Waals surface area contributed by atoms with Crippen molar-refractivity contribution >= 4 is 23.0 Å². The molecule has 0 radical (unpaired) electrons. The molecule has 0 spiro atoms. The van der Waals surface area contributed by atoms with E-state index in [1.165, 1.54) is 6.26 Å². The first-order valence-electron chi connectivity index (χ1n) is 6.13. The molecule has 1 aromatic heterocycles. The summed E-state index contributed by atoms with van der Waals surface area (Å²) in [7, 11) is 1.71. The molecule has 102 valence electrons. The fraction of sp³-hybridized carbons (Fsp3) is 0.133. The Morgan fingerprint density at radius 3 is 2.75 bits per heavy atom. The van der Waals surface area contributed by atoms with Gasteiger partial charge in [0.1, 0.15) is 0 Å². The zero-order chi connectivity index (χ0) is 14.1. The first-order valence-corrected chi connectivity index (χ1v) is 6.50. The zero-order valence-electron chi connectivity index (χ0n) is 10.7. The van der Waals surface area contributed by atoms with Gasteiger partial charge in [-0.2, -0.15) is 0 Å². The van der Waals surface area contributed by atoms with Crippen molar-refractivity contribution in [3.63, 3.8) is 0 Å². The summed E-state index contributed by atoms with van der Waals surface area (Å²) < 4.78 is 10.9. The number of ether oxygens (including phenoxy) is 1. The number of carbonyl (C=O) groups is 1. The molecule has 2 aromatic rings. The van der Waals surface area contributed by atoms with Crippen LogP contribution in [0.2, 0.25) is 5.02 Å². The summed E-state index contributed by atoms with van der Waals surface area (Å²) in [6, 6.07) is 10.6. The smallest absolute Gasteiger partial charge is 0.220 e. The second-order valence-electron chi connectivity index (χ2n) is 4.34. The highest BCUT2D eigenvalue weighted by Gasteiger charge is 2.38.